The van der Waals surface area contributed by atoms with Crippen molar-refractivity contribution in [2.24, 2.45) is 11.8 Å². The standard InChI is InChI=1S/C23H37N5O2/c1-15(2)23(9-4-10-23)25-21(29)17-7-11-27(12-8-17)20-13-18-5-6-19(14-20)28(18)22-24-16(3)26-30-22/h15,17-20H,4-14H2,1-3H3,(H,25,29). The Kier molecular flexibility index (Phi) is 5.28. The molecule has 4 aliphatic rings. The van der Waals surface area contributed by atoms with E-state index in [1.807, 2.05) is 6.92 Å². The van der Waals surface area contributed by atoms with Crippen molar-refractivity contribution in [3.63, 3.8) is 0 Å². The maximum absolute atomic E-state index is 13.0. The number of likely N-dealkylation sites (tertiary alicyclic amines) is 1. The second-order valence-corrected chi connectivity index (χ2v) is 10.5. The van der Waals surface area contributed by atoms with Gasteiger partial charge < -0.3 is 19.6 Å². The number of fused-ring (bicyclic) bond motifs is 2. The molecule has 2 unspecified atom stereocenters. The smallest absolute Gasteiger partial charge is 0.324 e. The minimum atomic E-state index is 0.0767. The second-order valence-electron chi connectivity index (χ2n) is 10.5. The number of piperidine rings is 2. The average molecular weight is 416 g/mol. The van der Waals surface area contributed by atoms with Crippen LogP contribution < -0.4 is 10.2 Å². The molecule has 1 saturated carbocycles. The fraction of sp³-hybridized carbons (Fsp3) is 0.870. The van der Waals surface area contributed by atoms with E-state index >= 15 is 0 Å². The zero-order valence-corrected chi connectivity index (χ0v) is 18.8. The van der Waals surface area contributed by atoms with Crippen molar-refractivity contribution in [2.45, 2.75) is 102 Å². The SMILES string of the molecule is Cc1noc(N2C3CCC2CC(N2CCC(C(=O)NC4(C(C)C)CCC4)CC2)C3)n1. The molecule has 7 heteroatoms. The van der Waals surface area contributed by atoms with Crippen molar-refractivity contribution >= 4 is 11.9 Å². The zero-order valence-electron chi connectivity index (χ0n) is 18.8. The van der Waals surface area contributed by atoms with Crippen molar-refractivity contribution in [1.82, 2.24) is 20.4 Å². The lowest BCUT2D eigenvalue weighted by atomic mass is 9.69. The molecule has 1 amide bonds. The molecule has 1 N–H and O–H groups in total. The number of carbonyl (C=O) groups is 1. The van der Waals surface area contributed by atoms with Crippen LogP contribution in [0.25, 0.3) is 0 Å². The molecular weight excluding hydrogens is 378 g/mol. The predicted molar refractivity (Wildman–Crippen MR) is 115 cm³/mol. The monoisotopic (exact) mass is 415 g/mol. The van der Waals surface area contributed by atoms with Crippen LogP contribution in [0.4, 0.5) is 6.01 Å². The minimum Gasteiger partial charge on any atom is -0.350 e. The van der Waals surface area contributed by atoms with Gasteiger partial charge in [-0.1, -0.05) is 19.0 Å². The van der Waals surface area contributed by atoms with E-state index in [-0.39, 0.29) is 11.5 Å². The van der Waals surface area contributed by atoms with Gasteiger partial charge in [0.2, 0.25) is 5.91 Å². The van der Waals surface area contributed by atoms with E-state index in [0.717, 1.165) is 38.8 Å². The summed E-state index contributed by atoms with van der Waals surface area (Å²) in [6.45, 7) is 8.49. The summed E-state index contributed by atoms with van der Waals surface area (Å²) < 4.78 is 5.48. The first kappa shape index (κ1) is 20.3. The molecule has 7 nitrogen and oxygen atoms in total. The molecule has 0 aromatic carbocycles. The second kappa shape index (κ2) is 7.81. The van der Waals surface area contributed by atoms with Gasteiger partial charge in [0, 0.05) is 29.6 Å². The van der Waals surface area contributed by atoms with E-state index in [1.54, 1.807) is 0 Å². The van der Waals surface area contributed by atoms with Gasteiger partial charge in [-0.3, -0.25) is 4.79 Å². The molecule has 1 aromatic heterocycles. The van der Waals surface area contributed by atoms with Crippen molar-refractivity contribution < 1.29 is 9.32 Å². The molecule has 2 bridgehead atoms. The Hall–Kier alpha value is -1.63. The molecular formula is C23H37N5O2. The lowest BCUT2D eigenvalue weighted by molar-refractivity contribution is -0.130. The van der Waals surface area contributed by atoms with Gasteiger partial charge in [-0.15, -0.1) is 0 Å². The van der Waals surface area contributed by atoms with Gasteiger partial charge in [0.05, 0.1) is 0 Å². The molecule has 1 aromatic rings. The summed E-state index contributed by atoms with van der Waals surface area (Å²) in [4.78, 5) is 22.5. The van der Waals surface area contributed by atoms with Crippen LogP contribution >= 0.6 is 0 Å². The van der Waals surface area contributed by atoms with Crippen LogP contribution in [0.3, 0.4) is 0 Å². The number of hydrogen-bond donors (Lipinski definition) is 1. The van der Waals surface area contributed by atoms with E-state index in [4.69, 9.17) is 4.52 Å². The van der Waals surface area contributed by atoms with E-state index in [9.17, 15) is 4.79 Å². The Balaban J connectivity index is 1.15. The van der Waals surface area contributed by atoms with Crippen LogP contribution in [0.1, 0.15) is 77.5 Å². The highest BCUT2D eigenvalue weighted by Crippen LogP contribution is 2.41. The zero-order chi connectivity index (χ0) is 20.9. The Labute approximate surface area is 179 Å². The Morgan fingerprint density at radius 2 is 1.77 bits per heavy atom. The van der Waals surface area contributed by atoms with E-state index < -0.39 is 0 Å². The Morgan fingerprint density at radius 3 is 2.27 bits per heavy atom. The number of carbonyl (C=O) groups excluding carboxylic acids is 1. The summed E-state index contributed by atoms with van der Waals surface area (Å²) in [5, 5.41) is 7.45. The number of rotatable bonds is 5. The van der Waals surface area contributed by atoms with Crippen LogP contribution in [-0.4, -0.2) is 57.7 Å². The van der Waals surface area contributed by atoms with E-state index in [1.165, 1.54) is 32.1 Å². The quantitative estimate of drug-likeness (QED) is 0.795. The van der Waals surface area contributed by atoms with Crippen molar-refractivity contribution in [3.8, 4) is 0 Å². The molecule has 0 spiro atoms. The summed E-state index contributed by atoms with van der Waals surface area (Å²) in [6, 6.07) is 2.36. The van der Waals surface area contributed by atoms with E-state index in [2.05, 4.69) is 39.1 Å². The van der Waals surface area contributed by atoms with Crippen molar-refractivity contribution in [1.29, 1.82) is 0 Å². The van der Waals surface area contributed by atoms with E-state index in [0.29, 0.717) is 41.8 Å². The van der Waals surface area contributed by atoms with Crippen LogP contribution in [0.15, 0.2) is 4.52 Å². The first-order valence-electron chi connectivity index (χ1n) is 12.1. The highest BCUT2D eigenvalue weighted by atomic mass is 16.5. The topological polar surface area (TPSA) is 74.5 Å². The highest BCUT2D eigenvalue weighted by Gasteiger charge is 2.46. The maximum atomic E-state index is 13.0. The van der Waals surface area contributed by atoms with Crippen molar-refractivity contribution in [2.75, 3.05) is 18.0 Å². The Morgan fingerprint density at radius 1 is 1.10 bits per heavy atom. The van der Waals surface area contributed by atoms with Gasteiger partial charge in [0.1, 0.15) is 0 Å². The van der Waals surface area contributed by atoms with Crippen LogP contribution in [0.2, 0.25) is 0 Å². The Bertz CT molecular complexity index is 751. The fourth-order valence-electron chi connectivity index (χ4n) is 6.43. The average Bonchev–Trinajstić information content (AvgIpc) is 3.23. The highest BCUT2D eigenvalue weighted by molar-refractivity contribution is 5.79. The number of nitrogens with zero attached hydrogens (tertiary/aromatic N) is 4. The predicted octanol–water partition coefficient (Wildman–Crippen LogP) is 3.28. The summed E-state index contributed by atoms with van der Waals surface area (Å²) in [5.74, 6) is 1.74. The summed E-state index contributed by atoms with van der Waals surface area (Å²) >= 11 is 0. The van der Waals surface area contributed by atoms with Gasteiger partial charge in [-0.05, 0) is 83.7 Å². The molecule has 30 heavy (non-hydrogen) atoms. The first-order chi connectivity index (χ1) is 14.4. The third kappa shape index (κ3) is 3.53. The van der Waals surface area contributed by atoms with Gasteiger partial charge in [0.25, 0.3) is 0 Å². The van der Waals surface area contributed by atoms with Crippen molar-refractivity contribution in [3.05, 3.63) is 5.82 Å². The third-order valence-corrected chi connectivity index (χ3v) is 8.59. The molecule has 3 saturated heterocycles. The summed E-state index contributed by atoms with van der Waals surface area (Å²) in [7, 11) is 0. The first-order valence-corrected chi connectivity index (χ1v) is 12.1. The number of aryl methyl sites for hydroxylation is 1. The molecule has 3 aliphatic heterocycles. The lowest BCUT2D eigenvalue weighted by Crippen LogP contribution is -2.59. The largest absolute Gasteiger partial charge is 0.350 e. The lowest BCUT2D eigenvalue weighted by Gasteiger charge is -2.48. The number of hydrogen-bond acceptors (Lipinski definition) is 6. The number of nitrogens with one attached hydrogen (secondary N) is 1. The molecule has 2 atom stereocenters. The molecule has 166 valence electrons. The van der Waals surface area contributed by atoms with Gasteiger partial charge in [-0.25, -0.2) is 0 Å². The number of amides is 1. The minimum absolute atomic E-state index is 0.0767. The molecule has 4 heterocycles. The maximum Gasteiger partial charge on any atom is 0.324 e. The van der Waals surface area contributed by atoms with Crippen LogP contribution in [0, 0.1) is 18.8 Å². The van der Waals surface area contributed by atoms with Crippen LogP contribution in [-0.2, 0) is 4.79 Å². The van der Waals surface area contributed by atoms with Gasteiger partial charge in [0.15, 0.2) is 5.82 Å². The molecule has 0 radical (unpaired) electrons. The van der Waals surface area contributed by atoms with Gasteiger partial charge >= 0.3 is 6.01 Å². The van der Waals surface area contributed by atoms with Crippen LogP contribution in [0.5, 0.6) is 0 Å². The van der Waals surface area contributed by atoms with Gasteiger partial charge in [-0.2, -0.15) is 4.98 Å². The molecule has 4 fully saturated rings. The summed E-state index contributed by atoms with van der Waals surface area (Å²) in [5.41, 5.74) is 0.0767. The summed E-state index contributed by atoms with van der Waals surface area (Å²) in [6.07, 6.45) is 10.3. The number of anilines is 1. The third-order valence-electron chi connectivity index (χ3n) is 8.59. The number of aromatic nitrogens is 2. The normalized spacial score (nSPS) is 31.7. The molecule has 1 aliphatic carbocycles. The molecule has 5 rings (SSSR count). The fourth-order valence-corrected chi connectivity index (χ4v) is 6.43.